The average molecular weight is 1520 g/mol. The van der Waals surface area contributed by atoms with E-state index in [1.165, 1.54) is 68.9 Å². The molecule has 0 aromatic heterocycles. The zero-order valence-electron chi connectivity index (χ0n) is 62.3. The van der Waals surface area contributed by atoms with E-state index in [1.54, 1.807) is 25.7 Å². The highest BCUT2D eigenvalue weighted by Crippen LogP contribution is 2.39. The van der Waals surface area contributed by atoms with Gasteiger partial charge in [-0.3, -0.25) is 57.5 Å². The molecule has 8 rings (SSSR count). The number of amides is 12. The van der Waals surface area contributed by atoms with E-state index in [0.29, 0.717) is 64.2 Å². The number of alkyl halides is 6. The predicted molar refractivity (Wildman–Crippen MR) is 377 cm³/mol. The van der Waals surface area contributed by atoms with E-state index in [9.17, 15) is 55.1 Å². The number of aryl methyl sites for hydroxylation is 1. The molecule has 2 aromatic rings. The molecule has 4 saturated heterocycles. The van der Waals surface area contributed by atoms with Crippen LogP contribution in [0.3, 0.4) is 0 Å². The Hall–Kier alpha value is -8.09. The minimum absolute atomic E-state index is 0.0455. The standard InChI is InChI=1S/C74H103ClF6N12O13/c1-11-19-54-64(98)83-62(44(3)12-2)69(103)87(6)40-60(96)85(4)41-61(97)89(8)56(37-46-23-27-48(28-24-46)73(76,77)78)67(101)86(5)39-58(94)82-53(32-26-45-25-31-51(52(75)36-45)74(79,80)81)66(100)92-35-18-22-55(92)65(99)84-72(33-16-17-34-72)71(105)91(10)63(47-20-14-13-15-21-47)70(104)90(9)57(38-59(95)88(54)7)68(102)93-49-29-30-50(93)43-106-42-49/h23-25,27-28,31,36,44,47,49-50,53-57,62-63H,11-22,26,29-30,32-35,37-43H2,1-10H3,(H,82,94)(H,83,98)(H,84,99)/t44-,49?,50?,53-,54-,55-,56-,57-,62-,63-/m0/s1. The van der Waals surface area contributed by atoms with E-state index in [2.05, 4.69) is 16.0 Å². The molecule has 6 aliphatic rings. The number of hydrogen-bond donors (Lipinski definition) is 3. The topological polar surface area (TPSA) is 279 Å². The van der Waals surface area contributed by atoms with Gasteiger partial charge in [0, 0.05) is 62.3 Å². The van der Waals surface area contributed by atoms with Gasteiger partial charge in [-0.2, -0.15) is 26.3 Å². The molecule has 32 heteroatoms. The van der Waals surface area contributed by atoms with Crippen molar-refractivity contribution in [3.63, 3.8) is 0 Å². The molecular formula is C74H103ClF6N12O13. The Kier molecular flexibility index (Phi) is 28.2. The van der Waals surface area contributed by atoms with E-state index in [0.717, 1.165) is 68.5 Å². The fraction of sp³-hybridized carbons (Fsp3) is 0.676. The molecular weight excluding hydrogens is 1410 g/mol. The van der Waals surface area contributed by atoms with Gasteiger partial charge in [0.1, 0.15) is 47.8 Å². The summed E-state index contributed by atoms with van der Waals surface area (Å²) in [6.07, 6.45) is -4.35. The second-order valence-corrected chi connectivity index (χ2v) is 30.2. The number of nitrogens with one attached hydrogen (secondary N) is 3. The van der Waals surface area contributed by atoms with Gasteiger partial charge in [-0.15, -0.1) is 0 Å². The van der Waals surface area contributed by atoms with Gasteiger partial charge in [-0.1, -0.05) is 95.5 Å². The van der Waals surface area contributed by atoms with Gasteiger partial charge in [-0.25, -0.2) is 0 Å². The Bertz CT molecular complexity index is 3540. The zero-order valence-corrected chi connectivity index (χ0v) is 63.0. The van der Waals surface area contributed by atoms with Crippen molar-refractivity contribution >= 4 is 82.5 Å². The number of carbonyl (C=O) groups is 12. The summed E-state index contributed by atoms with van der Waals surface area (Å²) < 4.78 is 89.0. The second kappa shape index (κ2) is 35.8. The van der Waals surface area contributed by atoms with E-state index >= 15 is 28.8 Å². The molecule has 25 nitrogen and oxygen atoms in total. The second-order valence-electron chi connectivity index (χ2n) is 29.8. The third kappa shape index (κ3) is 19.6. The average Bonchev–Trinajstić information content (AvgIpc) is 1.55. The fourth-order valence-corrected chi connectivity index (χ4v) is 16.2. The van der Waals surface area contributed by atoms with Crippen LogP contribution in [-0.2, 0) is 87.5 Å². The summed E-state index contributed by atoms with van der Waals surface area (Å²) in [6, 6.07) is -3.65. The van der Waals surface area contributed by atoms with Gasteiger partial charge in [0.15, 0.2) is 0 Å². The number of fused-ring (bicyclic) bond motifs is 3. The van der Waals surface area contributed by atoms with Gasteiger partial charge >= 0.3 is 12.4 Å². The van der Waals surface area contributed by atoms with E-state index in [4.69, 9.17) is 16.3 Å². The lowest BCUT2D eigenvalue weighted by atomic mass is 9.81. The molecule has 2 aromatic carbocycles. The summed E-state index contributed by atoms with van der Waals surface area (Å²) in [6.45, 7) is 3.45. The van der Waals surface area contributed by atoms with Crippen LogP contribution in [0.4, 0.5) is 26.3 Å². The molecule has 2 unspecified atom stereocenters. The molecule has 3 N–H and O–H groups in total. The summed E-state index contributed by atoms with van der Waals surface area (Å²) in [5, 5.41) is 7.89. The first-order valence-electron chi connectivity index (χ1n) is 36.9. The summed E-state index contributed by atoms with van der Waals surface area (Å²) in [5.41, 5.74) is -3.42. The number of carbonyl (C=O) groups excluding carboxylic acids is 12. The van der Waals surface area contributed by atoms with E-state index in [1.807, 2.05) is 0 Å². The number of nitrogens with zero attached hydrogens (tertiary/aromatic N) is 9. The lowest BCUT2D eigenvalue weighted by molar-refractivity contribution is -0.159. The largest absolute Gasteiger partial charge is 0.417 e. The predicted octanol–water partition coefficient (Wildman–Crippen LogP) is 5.85. The molecule has 12 amide bonds. The van der Waals surface area contributed by atoms with Gasteiger partial charge in [0.05, 0.1) is 67.5 Å². The van der Waals surface area contributed by atoms with Crippen LogP contribution >= 0.6 is 11.6 Å². The molecule has 4 aliphatic heterocycles. The molecule has 0 radical (unpaired) electrons. The number of morpholine rings is 1. The molecule has 2 aliphatic carbocycles. The number of rotatable bonds is 11. The summed E-state index contributed by atoms with van der Waals surface area (Å²) in [4.78, 5) is 191. The Morgan fingerprint density at radius 2 is 1.22 bits per heavy atom. The maximum atomic E-state index is 15.9. The van der Waals surface area contributed by atoms with Crippen LogP contribution in [0.15, 0.2) is 42.5 Å². The van der Waals surface area contributed by atoms with Gasteiger partial charge < -0.3 is 64.8 Å². The van der Waals surface area contributed by atoms with Gasteiger partial charge in [0.25, 0.3) is 0 Å². The normalized spacial score (nSPS) is 26.9. The third-order valence-electron chi connectivity index (χ3n) is 22.5. The highest BCUT2D eigenvalue weighted by Gasteiger charge is 2.53. The summed E-state index contributed by atoms with van der Waals surface area (Å²) in [5.74, 6) is -10.1. The Labute approximate surface area is 620 Å². The Balaban J connectivity index is 1.19. The van der Waals surface area contributed by atoms with Crippen molar-refractivity contribution in [2.45, 2.75) is 221 Å². The molecule has 2 bridgehead atoms. The lowest BCUT2D eigenvalue weighted by Crippen LogP contribution is -2.65. The van der Waals surface area contributed by atoms with Crippen molar-refractivity contribution in [3.05, 3.63) is 69.7 Å². The molecule has 6 fully saturated rings. The molecule has 2 saturated carbocycles. The van der Waals surface area contributed by atoms with Crippen molar-refractivity contribution in [1.82, 2.24) is 60.0 Å². The highest BCUT2D eigenvalue weighted by atomic mass is 35.5. The van der Waals surface area contributed by atoms with Gasteiger partial charge in [0.2, 0.25) is 70.9 Å². The van der Waals surface area contributed by atoms with Gasteiger partial charge in [-0.05, 0) is 118 Å². The monoisotopic (exact) mass is 1520 g/mol. The lowest BCUT2D eigenvalue weighted by Gasteiger charge is -2.44. The molecule has 106 heavy (non-hydrogen) atoms. The number of benzene rings is 2. The summed E-state index contributed by atoms with van der Waals surface area (Å²) in [7, 11) is 9.26. The molecule has 10 atom stereocenters. The molecule has 4 heterocycles. The highest BCUT2D eigenvalue weighted by molar-refractivity contribution is 6.31. The van der Waals surface area contributed by atoms with Crippen LogP contribution in [0, 0.1) is 11.8 Å². The first-order chi connectivity index (χ1) is 49.9. The molecule has 1 spiro atoms. The first-order valence-corrected chi connectivity index (χ1v) is 37.2. The maximum Gasteiger partial charge on any atom is 0.417 e. The Morgan fingerprint density at radius 1 is 0.613 bits per heavy atom. The third-order valence-corrected chi connectivity index (χ3v) is 22.8. The Morgan fingerprint density at radius 3 is 1.81 bits per heavy atom. The number of ether oxygens (including phenoxy) is 1. The summed E-state index contributed by atoms with van der Waals surface area (Å²) >= 11 is 6.14. The fourth-order valence-electron chi connectivity index (χ4n) is 15.9. The number of likely N-dealkylation sites (N-methyl/N-ethyl adjacent to an activating group) is 7. The van der Waals surface area contributed by atoms with Crippen LogP contribution in [0.1, 0.15) is 159 Å². The number of halogens is 7. The maximum absolute atomic E-state index is 15.9. The molecule has 586 valence electrons. The first kappa shape index (κ1) is 83.5. The van der Waals surface area contributed by atoms with Crippen LogP contribution in [-0.4, -0.2) is 264 Å². The SMILES string of the molecule is CCC[C@H]1C(=O)N[C@@H]([C@@H](C)CC)C(=O)N(C)CC(=O)N(C)CC(=O)N(C)[C@@H](Cc2ccc(C(F)(F)F)cc2)C(=O)N(C)CC(=O)N[C@@H](CCc2ccc(C(F)(F)F)c(Cl)c2)C(=O)N2CCC[C@H]2C(=O)NC2(CCCC2)C(=O)N(C)[C@@H](C2CCCCC2)C(=O)N(C)[C@H](C(=O)N2C3CCC2COC3)CC(=O)N1C. The minimum Gasteiger partial charge on any atom is -0.377 e. The van der Waals surface area contributed by atoms with E-state index < -0.39 is 192 Å². The van der Waals surface area contributed by atoms with Crippen molar-refractivity contribution < 1.29 is 88.6 Å². The van der Waals surface area contributed by atoms with Crippen molar-refractivity contribution in [3.8, 4) is 0 Å². The zero-order chi connectivity index (χ0) is 78.0. The van der Waals surface area contributed by atoms with Crippen molar-refractivity contribution in [1.29, 1.82) is 0 Å². The van der Waals surface area contributed by atoms with E-state index in [-0.39, 0.29) is 87.9 Å². The van der Waals surface area contributed by atoms with Crippen LogP contribution < -0.4 is 16.0 Å². The van der Waals surface area contributed by atoms with Crippen LogP contribution in [0.2, 0.25) is 5.02 Å². The number of hydrogen-bond acceptors (Lipinski definition) is 13. The van der Waals surface area contributed by atoms with Crippen molar-refractivity contribution in [2.24, 2.45) is 11.8 Å². The van der Waals surface area contributed by atoms with Crippen molar-refractivity contribution in [2.75, 3.05) is 88.7 Å². The smallest absolute Gasteiger partial charge is 0.377 e. The minimum atomic E-state index is -4.81. The quantitative estimate of drug-likeness (QED) is 0.223. The van der Waals surface area contributed by atoms with Crippen LogP contribution in [0.5, 0.6) is 0 Å². The van der Waals surface area contributed by atoms with Crippen LogP contribution in [0.25, 0.3) is 0 Å².